The summed E-state index contributed by atoms with van der Waals surface area (Å²) in [5, 5.41) is 2.92. The molecule has 0 bridgehead atoms. The molecule has 2 aliphatic heterocycles. The van der Waals surface area contributed by atoms with E-state index in [0.29, 0.717) is 18.9 Å². The molecule has 1 fully saturated rings. The van der Waals surface area contributed by atoms with Gasteiger partial charge in [0.25, 0.3) is 0 Å². The van der Waals surface area contributed by atoms with Crippen LogP contribution in [0.15, 0.2) is 42.5 Å². The van der Waals surface area contributed by atoms with Crippen LogP contribution in [0.3, 0.4) is 0 Å². The molecule has 1 N–H and O–H groups in total. The van der Waals surface area contributed by atoms with Crippen molar-refractivity contribution >= 4 is 11.6 Å². The van der Waals surface area contributed by atoms with Gasteiger partial charge in [0.15, 0.2) is 0 Å². The summed E-state index contributed by atoms with van der Waals surface area (Å²) < 4.78 is 21.2. The number of ether oxygens (including phenoxy) is 1. The van der Waals surface area contributed by atoms with Gasteiger partial charge in [0.1, 0.15) is 11.6 Å². The zero-order valence-electron chi connectivity index (χ0n) is 17.1. The van der Waals surface area contributed by atoms with Crippen molar-refractivity contribution in [3.8, 4) is 5.75 Å². The highest BCUT2D eigenvalue weighted by Crippen LogP contribution is 2.33. The van der Waals surface area contributed by atoms with Gasteiger partial charge in [0.2, 0.25) is 5.91 Å². The van der Waals surface area contributed by atoms with E-state index in [0.717, 1.165) is 72.4 Å². The minimum absolute atomic E-state index is 0.0654. The number of amides is 1. The maximum absolute atomic E-state index is 14.1. The average Bonchev–Trinajstić information content (AvgIpc) is 2.72. The highest BCUT2D eigenvalue weighted by atomic mass is 19.1. The van der Waals surface area contributed by atoms with E-state index in [-0.39, 0.29) is 11.7 Å². The van der Waals surface area contributed by atoms with Gasteiger partial charge in [-0.15, -0.1) is 0 Å². The Labute approximate surface area is 172 Å². The highest BCUT2D eigenvalue weighted by Gasteiger charge is 2.31. The molecule has 0 atom stereocenters. The standard InChI is InChI=1S/C24H29FN2O2/c1-27(15-12-18(13-16-27)19-6-2-3-7-21(19)25)14-5-17-29-23-9-4-8-22-20(23)10-11-24(28)26-22/h2-4,6-9,18H,5,10-17H2,1H3/p+1. The van der Waals surface area contributed by atoms with Gasteiger partial charge in [-0.25, -0.2) is 4.39 Å². The number of hydrogen-bond acceptors (Lipinski definition) is 2. The molecule has 0 spiro atoms. The zero-order valence-corrected chi connectivity index (χ0v) is 17.1. The molecule has 1 amide bonds. The molecule has 0 saturated carbocycles. The third-order valence-corrected chi connectivity index (χ3v) is 6.49. The lowest BCUT2D eigenvalue weighted by molar-refractivity contribution is -0.914. The molecule has 154 valence electrons. The third-order valence-electron chi connectivity index (χ3n) is 6.49. The Morgan fingerprint density at radius 1 is 1.10 bits per heavy atom. The molecule has 5 heteroatoms. The first-order valence-electron chi connectivity index (χ1n) is 10.7. The maximum atomic E-state index is 14.1. The first-order valence-corrected chi connectivity index (χ1v) is 10.7. The average molecular weight is 398 g/mol. The van der Waals surface area contributed by atoms with E-state index >= 15 is 0 Å². The molecule has 2 aliphatic rings. The van der Waals surface area contributed by atoms with Crippen molar-refractivity contribution in [2.75, 3.05) is 38.6 Å². The number of nitrogens with one attached hydrogen (secondary N) is 1. The van der Waals surface area contributed by atoms with E-state index in [1.165, 1.54) is 0 Å². The van der Waals surface area contributed by atoms with Gasteiger partial charge in [-0.1, -0.05) is 24.3 Å². The molecule has 0 aliphatic carbocycles. The van der Waals surface area contributed by atoms with E-state index in [2.05, 4.69) is 12.4 Å². The SMILES string of the molecule is C[N+]1(CCCOc2cccc3c2CCC(=O)N3)CCC(c2ccccc2F)CC1. The number of piperidine rings is 1. The Morgan fingerprint density at radius 3 is 2.69 bits per heavy atom. The Balaban J connectivity index is 1.26. The van der Waals surface area contributed by atoms with Crippen LogP contribution >= 0.6 is 0 Å². The zero-order chi connectivity index (χ0) is 20.3. The lowest BCUT2D eigenvalue weighted by Gasteiger charge is -2.41. The van der Waals surface area contributed by atoms with E-state index in [4.69, 9.17) is 4.74 Å². The molecule has 2 aromatic carbocycles. The Morgan fingerprint density at radius 2 is 1.90 bits per heavy atom. The van der Waals surface area contributed by atoms with Gasteiger partial charge in [-0.2, -0.15) is 0 Å². The maximum Gasteiger partial charge on any atom is 0.224 e. The number of halogens is 1. The van der Waals surface area contributed by atoms with Crippen LogP contribution < -0.4 is 10.1 Å². The first kappa shape index (κ1) is 19.9. The fourth-order valence-corrected chi connectivity index (χ4v) is 4.69. The van der Waals surface area contributed by atoms with Crippen LogP contribution in [0.1, 0.15) is 42.7 Å². The van der Waals surface area contributed by atoms with Gasteiger partial charge < -0.3 is 14.5 Å². The number of carbonyl (C=O) groups excluding carboxylic acids is 1. The lowest BCUT2D eigenvalue weighted by Crippen LogP contribution is -2.50. The van der Waals surface area contributed by atoms with E-state index in [1.807, 2.05) is 30.3 Å². The number of hydrogen-bond donors (Lipinski definition) is 1. The van der Waals surface area contributed by atoms with Gasteiger partial charge in [-0.05, 0) is 36.1 Å². The monoisotopic (exact) mass is 397 g/mol. The molecule has 29 heavy (non-hydrogen) atoms. The quantitative estimate of drug-likeness (QED) is 0.576. The summed E-state index contributed by atoms with van der Waals surface area (Å²) in [5.41, 5.74) is 2.87. The second-order valence-electron chi connectivity index (χ2n) is 8.62. The fourth-order valence-electron chi connectivity index (χ4n) is 4.69. The van der Waals surface area contributed by atoms with Crippen molar-refractivity contribution in [3.63, 3.8) is 0 Å². The van der Waals surface area contributed by atoms with Crippen LogP contribution in [0.2, 0.25) is 0 Å². The molecular formula is C24H30FN2O2+. The van der Waals surface area contributed by atoms with Crippen LogP contribution in [0.25, 0.3) is 0 Å². The molecule has 1 saturated heterocycles. The van der Waals surface area contributed by atoms with Crippen molar-refractivity contribution in [1.82, 2.24) is 0 Å². The number of nitrogens with zero attached hydrogens (tertiary/aromatic N) is 1. The van der Waals surface area contributed by atoms with Crippen molar-refractivity contribution in [2.24, 2.45) is 0 Å². The molecule has 0 radical (unpaired) electrons. The van der Waals surface area contributed by atoms with E-state index < -0.39 is 0 Å². The summed E-state index contributed by atoms with van der Waals surface area (Å²) in [6.07, 6.45) is 4.30. The lowest BCUT2D eigenvalue weighted by atomic mass is 9.88. The topological polar surface area (TPSA) is 38.3 Å². The van der Waals surface area contributed by atoms with Crippen molar-refractivity contribution < 1.29 is 18.4 Å². The second-order valence-corrected chi connectivity index (χ2v) is 8.62. The Bertz CT molecular complexity index is 875. The number of rotatable bonds is 6. The van der Waals surface area contributed by atoms with Crippen LogP contribution in [-0.4, -0.2) is 43.7 Å². The molecule has 4 rings (SSSR count). The van der Waals surface area contributed by atoms with Crippen LogP contribution in [-0.2, 0) is 11.2 Å². The number of likely N-dealkylation sites (tertiary alicyclic amines) is 1. The summed E-state index contributed by atoms with van der Waals surface area (Å²) in [5.74, 6) is 1.24. The van der Waals surface area contributed by atoms with Gasteiger partial charge >= 0.3 is 0 Å². The molecule has 0 aromatic heterocycles. The minimum atomic E-state index is -0.0654. The summed E-state index contributed by atoms with van der Waals surface area (Å²) in [7, 11) is 2.30. The van der Waals surface area contributed by atoms with Crippen molar-refractivity contribution in [3.05, 3.63) is 59.4 Å². The van der Waals surface area contributed by atoms with Crippen molar-refractivity contribution in [1.29, 1.82) is 0 Å². The molecular weight excluding hydrogens is 367 g/mol. The summed E-state index contributed by atoms with van der Waals surface area (Å²) in [4.78, 5) is 11.6. The van der Waals surface area contributed by atoms with Gasteiger partial charge in [0, 0.05) is 36.9 Å². The number of anilines is 1. The normalized spacial score (nSPS) is 23.9. The first-order chi connectivity index (χ1) is 14.0. The molecule has 0 unspecified atom stereocenters. The third kappa shape index (κ3) is 4.61. The number of carbonyl (C=O) groups is 1. The number of quaternary nitrogens is 1. The van der Waals surface area contributed by atoms with E-state index in [1.54, 1.807) is 12.1 Å². The fraction of sp³-hybridized carbons (Fsp3) is 0.458. The number of fused-ring (bicyclic) bond motifs is 1. The Kier molecular flexibility index (Phi) is 5.86. The van der Waals surface area contributed by atoms with E-state index in [9.17, 15) is 9.18 Å². The summed E-state index contributed by atoms with van der Waals surface area (Å²) in [6, 6.07) is 13.1. The smallest absolute Gasteiger partial charge is 0.224 e. The van der Waals surface area contributed by atoms with Crippen LogP contribution in [0.4, 0.5) is 10.1 Å². The number of benzene rings is 2. The molecule has 4 nitrogen and oxygen atoms in total. The molecule has 2 aromatic rings. The highest BCUT2D eigenvalue weighted by molar-refractivity contribution is 5.94. The molecule has 2 heterocycles. The second kappa shape index (κ2) is 8.54. The van der Waals surface area contributed by atoms with Crippen molar-refractivity contribution in [2.45, 2.75) is 38.0 Å². The van der Waals surface area contributed by atoms with Gasteiger partial charge in [0.05, 0.1) is 33.3 Å². The summed E-state index contributed by atoms with van der Waals surface area (Å²) in [6.45, 7) is 3.89. The predicted molar refractivity (Wildman–Crippen MR) is 113 cm³/mol. The summed E-state index contributed by atoms with van der Waals surface area (Å²) >= 11 is 0. The van der Waals surface area contributed by atoms with Gasteiger partial charge in [-0.3, -0.25) is 4.79 Å². The van der Waals surface area contributed by atoms with Crippen LogP contribution in [0.5, 0.6) is 5.75 Å². The minimum Gasteiger partial charge on any atom is -0.493 e. The largest absolute Gasteiger partial charge is 0.493 e. The Hall–Kier alpha value is -2.40. The van der Waals surface area contributed by atoms with Crippen LogP contribution in [0, 0.1) is 5.82 Å². The predicted octanol–water partition coefficient (Wildman–Crippen LogP) is 4.50.